The lowest BCUT2D eigenvalue weighted by atomic mass is 9.80. The maximum atomic E-state index is 13.3. The fraction of sp³-hybridized carbons (Fsp3) is 0.233. The Balaban J connectivity index is 1.49. The van der Waals surface area contributed by atoms with Gasteiger partial charge in [0.15, 0.2) is 0 Å². The zero-order valence-corrected chi connectivity index (χ0v) is 21.9. The van der Waals surface area contributed by atoms with Crippen molar-refractivity contribution in [2.45, 2.75) is 26.2 Å². The smallest absolute Gasteiger partial charge is 0.337 e. The van der Waals surface area contributed by atoms with Gasteiger partial charge < -0.3 is 24.5 Å². The summed E-state index contributed by atoms with van der Waals surface area (Å²) in [7, 11) is 2.89. The van der Waals surface area contributed by atoms with Gasteiger partial charge in [0.05, 0.1) is 31.3 Å². The molecule has 2 heterocycles. The van der Waals surface area contributed by atoms with Gasteiger partial charge in [0.1, 0.15) is 18.2 Å². The van der Waals surface area contributed by atoms with Crippen molar-refractivity contribution in [3.8, 4) is 5.75 Å². The van der Waals surface area contributed by atoms with E-state index in [2.05, 4.69) is 15.3 Å². The Kier molecular flexibility index (Phi) is 8.43. The SMILES string of the molecule is COC(=O)C1=C(C)NC(C)=C(C(=O)OCC=Cc2ccc(Cc3ncc[nH]3)cc2)C1c1cccc(OC)c1. The first kappa shape index (κ1) is 26.5. The second-order valence-electron chi connectivity index (χ2n) is 8.86. The minimum absolute atomic E-state index is 0.0743. The van der Waals surface area contributed by atoms with Crippen LogP contribution in [0.1, 0.15) is 42.3 Å². The lowest BCUT2D eigenvalue weighted by Gasteiger charge is -2.30. The van der Waals surface area contributed by atoms with Crippen molar-refractivity contribution in [1.82, 2.24) is 15.3 Å². The highest BCUT2D eigenvalue weighted by atomic mass is 16.5. The van der Waals surface area contributed by atoms with Crippen LogP contribution < -0.4 is 10.1 Å². The molecule has 0 fully saturated rings. The maximum Gasteiger partial charge on any atom is 0.337 e. The molecule has 1 aliphatic rings. The van der Waals surface area contributed by atoms with Gasteiger partial charge in [-0.1, -0.05) is 42.5 Å². The number of dihydropyridines is 1. The number of H-pyrrole nitrogens is 1. The number of imidazole rings is 1. The molecule has 38 heavy (non-hydrogen) atoms. The van der Waals surface area contributed by atoms with E-state index in [0.717, 1.165) is 28.9 Å². The van der Waals surface area contributed by atoms with E-state index < -0.39 is 17.9 Å². The van der Waals surface area contributed by atoms with Crippen LogP contribution in [0.3, 0.4) is 0 Å². The quantitative estimate of drug-likeness (QED) is 0.401. The number of methoxy groups -OCH3 is 2. The van der Waals surface area contributed by atoms with Crippen LogP contribution in [0.2, 0.25) is 0 Å². The highest BCUT2D eigenvalue weighted by Gasteiger charge is 2.37. The zero-order valence-electron chi connectivity index (χ0n) is 21.9. The third kappa shape index (κ3) is 6.03. The summed E-state index contributed by atoms with van der Waals surface area (Å²) in [6.07, 6.45) is 7.96. The van der Waals surface area contributed by atoms with Crippen LogP contribution in [0.25, 0.3) is 6.08 Å². The van der Waals surface area contributed by atoms with Crippen molar-refractivity contribution in [2.24, 2.45) is 0 Å². The van der Waals surface area contributed by atoms with Crippen molar-refractivity contribution in [3.05, 3.63) is 112 Å². The molecular weight excluding hydrogens is 482 g/mol. The largest absolute Gasteiger partial charge is 0.497 e. The molecule has 1 aromatic heterocycles. The van der Waals surface area contributed by atoms with Gasteiger partial charge in [-0.15, -0.1) is 0 Å². The van der Waals surface area contributed by atoms with Crippen molar-refractivity contribution < 1.29 is 23.8 Å². The van der Waals surface area contributed by atoms with Crippen molar-refractivity contribution in [3.63, 3.8) is 0 Å². The molecule has 0 aliphatic carbocycles. The second kappa shape index (κ2) is 12.1. The Morgan fingerprint density at radius 1 is 1.00 bits per heavy atom. The van der Waals surface area contributed by atoms with E-state index >= 15 is 0 Å². The number of esters is 2. The van der Waals surface area contributed by atoms with E-state index in [9.17, 15) is 9.59 Å². The molecule has 0 saturated carbocycles. The van der Waals surface area contributed by atoms with Crippen LogP contribution in [-0.4, -0.2) is 42.7 Å². The molecule has 8 nitrogen and oxygen atoms in total. The predicted octanol–water partition coefficient (Wildman–Crippen LogP) is 4.67. The number of ether oxygens (including phenoxy) is 3. The topological polar surface area (TPSA) is 103 Å². The van der Waals surface area contributed by atoms with Gasteiger partial charge in [-0.2, -0.15) is 0 Å². The Morgan fingerprint density at radius 2 is 1.74 bits per heavy atom. The average Bonchev–Trinajstić information content (AvgIpc) is 3.44. The highest BCUT2D eigenvalue weighted by Crippen LogP contribution is 2.40. The summed E-state index contributed by atoms with van der Waals surface area (Å²) in [5.41, 5.74) is 4.78. The fourth-order valence-corrected chi connectivity index (χ4v) is 4.52. The maximum absolute atomic E-state index is 13.3. The van der Waals surface area contributed by atoms with E-state index in [-0.39, 0.29) is 6.61 Å². The van der Waals surface area contributed by atoms with Crippen LogP contribution in [-0.2, 0) is 25.5 Å². The van der Waals surface area contributed by atoms with Crippen LogP contribution in [0.15, 0.2) is 89.5 Å². The molecule has 3 aromatic rings. The summed E-state index contributed by atoms with van der Waals surface area (Å²) in [4.78, 5) is 33.5. The number of carbonyl (C=O) groups is 2. The van der Waals surface area contributed by atoms with E-state index in [4.69, 9.17) is 14.2 Å². The van der Waals surface area contributed by atoms with Gasteiger partial charge in [0.2, 0.25) is 0 Å². The van der Waals surface area contributed by atoms with Crippen LogP contribution in [0.4, 0.5) is 0 Å². The first-order valence-corrected chi connectivity index (χ1v) is 12.2. The van der Waals surface area contributed by atoms with Gasteiger partial charge in [-0.05, 0) is 48.7 Å². The van der Waals surface area contributed by atoms with Crippen LogP contribution >= 0.6 is 0 Å². The number of nitrogens with zero attached hydrogens (tertiary/aromatic N) is 1. The first-order chi connectivity index (χ1) is 18.4. The third-order valence-corrected chi connectivity index (χ3v) is 6.34. The van der Waals surface area contributed by atoms with E-state index in [1.807, 2.05) is 54.6 Å². The summed E-state index contributed by atoms with van der Waals surface area (Å²) < 4.78 is 16.1. The Morgan fingerprint density at radius 3 is 2.39 bits per heavy atom. The lowest BCUT2D eigenvalue weighted by molar-refractivity contribution is -0.138. The summed E-state index contributed by atoms with van der Waals surface area (Å²) in [6, 6.07) is 15.4. The number of aromatic nitrogens is 2. The third-order valence-electron chi connectivity index (χ3n) is 6.34. The molecule has 0 radical (unpaired) electrons. The van der Waals surface area contributed by atoms with E-state index in [1.165, 1.54) is 7.11 Å². The van der Waals surface area contributed by atoms with Gasteiger partial charge in [-0.3, -0.25) is 0 Å². The Labute approximate surface area is 222 Å². The first-order valence-electron chi connectivity index (χ1n) is 12.2. The second-order valence-corrected chi connectivity index (χ2v) is 8.86. The Bertz CT molecular complexity index is 1390. The molecule has 0 saturated heterocycles. The van der Waals surface area contributed by atoms with Crippen molar-refractivity contribution >= 4 is 18.0 Å². The van der Waals surface area contributed by atoms with Crippen molar-refractivity contribution in [1.29, 1.82) is 0 Å². The molecule has 0 spiro atoms. The van der Waals surface area contributed by atoms with Gasteiger partial charge in [-0.25, -0.2) is 14.6 Å². The van der Waals surface area contributed by atoms with Gasteiger partial charge >= 0.3 is 11.9 Å². The summed E-state index contributed by atoms with van der Waals surface area (Å²) in [6.45, 7) is 3.65. The van der Waals surface area contributed by atoms with E-state index in [0.29, 0.717) is 28.3 Å². The fourth-order valence-electron chi connectivity index (χ4n) is 4.52. The minimum Gasteiger partial charge on any atom is -0.497 e. The zero-order chi connectivity index (χ0) is 27.1. The predicted molar refractivity (Wildman–Crippen MR) is 144 cm³/mol. The van der Waals surface area contributed by atoms with Crippen molar-refractivity contribution in [2.75, 3.05) is 20.8 Å². The normalized spacial score (nSPS) is 15.4. The molecule has 0 amide bonds. The molecule has 2 aromatic carbocycles. The monoisotopic (exact) mass is 513 g/mol. The van der Waals surface area contributed by atoms with Gasteiger partial charge in [0.25, 0.3) is 0 Å². The summed E-state index contributed by atoms with van der Waals surface area (Å²) in [5.74, 6) is -0.177. The molecule has 196 valence electrons. The number of nitrogens with one attached hydrogen (secondary N) is 2. The highest BCUT2D eigenvalue weighted by molar-refractivity contribution is 5.99. The number of hydrogen-bond donors (Lipinski definition) is 2. The number of aromatic amines is 1. The minimum atomic E-state index is -0.669. The number of hydrogen-bond acceptors (Lipinski definition) is 7. The number of rotatable bonds is 9. The average molecular weight is 514 g/mol. The lowest BCUT2D eigenvalue weighted by Crippen LogP contribution is -2.32. The molecule has 8 heteroatoms. The van der Waals surface area contributed by atoms with Gasteiger partial charge in [0, 0.05) is 30.2 Å². The number of carbonyl (C=O) groups excluding carboxylic acids is 2. The molecule has 1 aliphatic heterocycles. The van der Waals surface area contributed by atoms with Crippen LogP contribution in [0.5, 0.6) is 5.75 Å². The standard InChI is InChI=1S/C30H31N3O5/c1-19-26(29(34)37-4)28(23-8-5-9-24(18-23)36-3)27(20(2)33-19)30(35)38-16-6-7-21-10-12-22(13-11-21)17-25-31-14-15-32-25/h5-15,18,28,33H,16-17H2,1-4H3,(H,31,32). The number of benzene rings is 2. The summed E-state index contributed by atoms with van der Waals surface area (Å²) >= 11 is 0. The van der Waals surface area contributed by atoms with Crippen LogP contribution in [0, 0.1) is 0 Å². The summed E-state index contributed by atoms with van der Waals surface area (Å²) in [5, 5.41) is 3.14. The molecule has 0 bridgehead atoms. The molecule has 1 atom stereocenters. The molecule has 1 unspecified atom stereocenters. The molecular formula is C30H31N3O5. The van der Waals surface area contributed by atoms with E-state index in [1.54, 1.807) is 39.4 Å². The number of allylic oxidation sites excluding steroid dienone is 2. The molecule has 2 N–H and O–H groups in total. The molecule has 4 rings (SSSR count). The Hall–Kier alpha value is -4.59.